The number of nitrogens with one attached hydrogen (secondary N) is 2. The molecule has 30 heavy (non-hydrogen) atoms. The topological polar surface area (TPSA) is 105 Å². The molecule has 1 aliphatic rings. The molecule has 1 fully saturated rings. The zero-order valence-corrected chi connectivity index (χ0v) is 17.3. The van der Waals surface area contributed by atoms with Gasteiger partial charge in [-0.25, -0.2) is 8.42 Å². The van der Waals surface area contributed by atoms with Gasteiger partial charge in [0.25, 0.3) is 11.8 Å². The fraction of sp³-hybridized carbons (Fsp3) is 0.238. The molecule has 158 valence electrons. The Hall–Kier alpha value is -3.17. The van der Waals surface area contributed by atoms with Crippen LogP contribution in [0.1, 0.15) is 28.8 Å². The predicted octanol–water partition coefficient (Wildman–Crippen LogP) is 1.95. The molecule has 2 amide bonds. The average Bonchev–Trinajstić information content (AvgIpc) is 3.32. The summed E-state index contributed by atoms with van der Waals surface area (Å²) in [6.45, 7) is 1.03. The Kier molecular flexibility index (Phi) is 6.86. The van der Waals surface area contributed by atoms with Gasteiger partial charge in [0.05, 0.1) is 12.0 Å². The minimum atomic E-state index is -3.53. The number of hydrazine groups is 1. The molecular formula is C21H23N3O5S. The van der Waals surface area contributed by atoms with Crippen molar-refractivity contribution >= 4 is 27.9 Å². The van der Waals surface area contributed by atoms with Gasteiger partial charge in [-0.2, -0.15) is 4.31 Å². The SMILES string of the molecule is COc1ccccc1/C=C/C(=O)NNC(=O)c1ccc(S(=O)(=O)N2CCCC2)cc1. The Morgan fingerprint density at radius 1 is 1.00 bits per heavy atom. The molecule has 0 saturated carbocycles. The second-order valence-corrected chi connectivity index (χ2v) is 8.59. The lowest BCUT2D eigenvalue weighted by atomic mass is 10.2. The summed E-state index contributed by atoms with van der Waals surface area (Å²) in [5.74, 6) is -0.462. The van der Waals surface area contributed by atoms with Crippen molar-refractivity contribution in [2.75, 3.05) is 20.2 Å². The maximum absolute atomic E-state index is 12.5. The molecule has 1 heterocycles. The van der Waals surface area contributed by atoms with Gasteiger partial charge in [0.15, 0.2) is 0 Å². The highest BCUT2D eigenvalue weighted by atomic mass is 32.2. The Bertz CT molecular complexity index is 1040. The van der Waals surface area contributed by atoms with Crippen LogP contribution in [0.2, 0.25) is 0 Å². The molecule has 3 rings (SSSR count). The molecule has 0 atom stereocenters. The van der Waals surface area contributed by atoms with Crippen molar-refractivity contribution in [2.45, 2.75) is 17.7 Å². The molecule has 0 radical (unpaired) electrons. The zero-order valence-electron chi connectivity index (χ0n) is 16.5. The van der Waals surface area contributed by atoms with Crippen molar-refractivity contribution < 1.29 is 22.7 Å². The summed E-state index contributed by atoms with van der Waals surface area (Å²) in [5.41, 5.74) is 5.53. The number of ether oxygens (including phenoxy) is 1. The predicted molar refractivity (Wildman–Crippen MR) is 112 cm³/mol. The van der Waals surface area contributed by atoms with E-state index in [1.165, 1.54) is 41.8 Å². The van der Waals surface area contributed by atoms with E-state index >= 15 is 0 Å². The van der Waals surface area contributed by atoms with Crippen molar-refractivity contribution in [3.8, 4) is 5.75 Å². The van der Waals surface area contributed by atoms with Crippen LogP contribution < -0.4 is 15.6 Å². The lowest BCUT2D eigenvalue weighted by Crippen LogP contribution is -2.40. The molecule has 0 spiro atoms. The minimum Gasteiger partial charge on any atom is -0.496 e. The Morgan fingerprint density at radius 3 is 2.33 bits per heavy atom. The smallest absolute Gasteiger partial charge is 0.269 e. The van der Waals surface area contributed by atoms with Gasteiger partial charge in [-0.05, 0) is 49.2 Å². The van der Waals surface area contributed by atoms with E-state index in [9.17, 15) is 18.0 Å². The van der Waals surface area contributed by atoms with Crippen molar-refractivity contribution in [3.63, 3.8) is 0 Å². The Morgan fingerprint density at radius 2 is 1.67 bits per heavy atom. The number of amides is 2. The first-order valence-corrected chi connectivity index (χ1v) is 10.9. The number of hydrogen-bond acceptors (Lipinski definition) is 5. The maximum atomic E-state index is 12.5. The number of rotatable bonds is 6. The lowest BCUT2D eigenvalue weighted by molar-refractivity contribution is -0.117. The molecule has 0 aromatic heterocycles. The van der Waals surface area contributed by atoms with Crippen molar-refractivity contribution in [2.24, 2.45) is 0 Å². The minimum absolute atomic E-state index is 0.143. The molecule has 2 aromatic carbocycles. The fourth-order valence-electron chi connectivity index (χ4n) is 3.06. The largest absolute Gasteiger partial charge is 0.496 e. The van der Waals surface area contributed by atoms with E-state index in [2.05, 4.69) is 10.9 Å². The van der Waals surface area contributed by atoms with Gasteiger partial charge >= 0.3 is 0 Å². The summed E-state index contributed by atoms with van der Waals surface area (Å²) >= 11 is 0. The Balaban J connectivity index is 1.57. The number of hydrogen-bond donors (Lipinski definition) is 2. The average molecular weight is 429 g/mol. The molecule has 8 nitrogen and oxygen atoms in total. The first-order valence-electron chi connectivity index (χ1n) is 9.43. The fourth-order valence-corrected chi connectivity index (χ4v) is 4.57. The third kappa shape index (κ3) is 5.05. The van der Waals surface area contributed by atoms with Gasteiger partial charge in [0, 0.05) is 30.3 Å². The van der Waals surface area contributed by atoms with Crippen molar-refractivity contribution in [3.05, 3.63) is 65.7 Å². The molecule has 2 N–H and O–H groups in total. The van der Waals surface area contributed by atoms with Crippen LogP contribution in [0.15, 0.2) is 59.5 Å². The van der Waals surface area contributed by atoms with E-state index in [1.54, 1.807) is 18.2 Å². The van der Waals surface area contributed by atoms with Gasteiger partial charge in [-0.3, -0.25) is 20.4 Å². The monoisotopic (exact) mass is 429 g/mol. The van der Waals surface area contributed by atoms with Crippen LogP contribution >= 0.6 is 0 Å². The third-order valence-corrected chi connectivity index (χ3v) is 6.58. The number of sulfonamides is 1. The van der Waals surface area contributed by atoms with Crippen LogP contribution in [0.3, 0.4) is 0 Å². The summed E-state index contributed by atoms with van der Waals surface area (Å²) in [6.07, 6.45) is 4.54. The number of para-hydroxylation sites is 1. The van der Waals surface area contributed by atoms with Crippen LogP contribution in [0, 0.1) is 0 Å². The third-order valence-electron chi connectivity index (χ3n) is 4.67. The Labute approximate surface area is 175 Å². The normalized spacial score (nSPS) is 14.6. The van der Waals surface area contributed by atoms with E-state index in [0.717, 1.165) is 18.4 Å². The van der Waals surface area contributed by atoms with E-state index in [4.69, 9.17) is 4.74 Å². The summed E-state index contributed by atoms with van der Waals surface area (Å²) < 4.78 is 31.7. The van der Waals surface area contributed by atoms with E-state index in [-0.39, 0.29) is 10.5 Å². The van der Waals surface area contributed by atoms with E-state index < -0.39 is 21.8 Å². The number of benzene rings is 2. The maximum Gasteiger partial charge on any atom is 0.269 e. The van der Waals surface area contributed by atoms with Crippen LogP contribution in [0.5, 0.6) is 5.75 Å². The number of methoxy groups -OCH3 is 1. The summed E-state index contributed by atoms with van der Waals surface area (Å²) in [5, 5.41) is 0. The second-order valence-electron chi connectivity index (χ2n) is 6.65. The molecule has 1 saturated heterocycles. The van der Waals surface area contributed by atoms with Gasteiger partial charge < -0.3 is 4.74 Å². The molecule has 0 bridgehead atoms. The van der Waals surface area contributed by atoms with E-state index in [0.29, 0.717) is 18.8 Å². The molecular weight excluding hydrogens is 406 g/mol. The quantitative estimate of drug-likeness (QED) is 0.540. The molecule has 0 unspecified atom stereocenters. The molecule has 9 heteroatoms. The number of carbonyl (C=O) groups is 2. The summed E-state index contributed by atoms with van der Waals surface area (Å²) in [4.78, 5) is 24.3. The zero-order chi connectivity index (χ0) is 21.6. The van der Waals surface area contributed by atoms with Crippen LogP contribution in [-0.2, 0) is 14.8 Å². The summed E-state index contributed by atoms with van der Waals surface area (Å²) in [6, 6.07) is 12.8. The van der Waals surface area contributed by atoms with Crippen molar-refractivity contribution in [1.82, 2.24) is 15.2 Å². The number of carbonyl (C=O) groups excluding carboxylic acids is 2. The molecule has 0 aliphatic carbocycles. The first kappa shape index (κ1) is 21.5. The van der Waals surface area contributed by atoms with Crippen molar-refractivity contribution in [1.29, 1.82) is 0 Å². The lowest BCUT2D eigenvalue weighted by Gasteiger charge is -2.15. The van der Waals surface area contributed by atoms with Gasteiger partial charge in [-0.15, -0.1) is 0 Å². The number of nitrogens with zero attached hydrogens (tertiary/aromatic N) is 1. The highest BCUT2D eigenvalue weighted by Gasteiger charge is 2.27. The van der Waals surface area contributed by atoms with Gasteiger partial charge in [0.2, 0.25) is 10.0 Å². The van der Waals surface area contributed by atoms with Gasteiger partial charge in [0.1, 0.15) is 5.75 Å². The molecule has 1 aliphatic heterocycles. The van der Waals surface area contributed by atoms with Crippen LogP contribution in [-0.4, -0.2) is 44.7 Å². The van der Waals surface area contributed by atoms with E-state index in [1.807, 2.05) is 12.1 Å². The highest BCUT2D eigenvalue weighted by molar-refractivity contribution is 7.89. The standard InChI is InChI=1S/C21H23N3O5S/c1-29-19-7-3-2-6-16(19)10-13-20(25)22-23-21(26)17-8-11-18(12-9-17)30(27,28)24-14-4-5-15-24/h2-3,6-13H,4-5,14-15H2,1H3,(H,22,25)(H,23,26)/b13-10+. The van der Waals surface area contributed by atoms with Crippen LogP contribution in [0.25, 0.3) is 6.08 Å². The first-order chi connectivity index (χ1) is 14.4. The van der Waals surface area contributed by atoms with Crippen LogP contribution in [0.4, 0.5) is 0 Å². The highest BCUT2D eigenvalue weighted by Crippen LogP contribution is 2.21. The second kappa shape index (κ2) is 9.55. The summed E-state index contributed by atoms with van der Waals surface area (Å²) in [7, 11) is -2.00. The molecule has 2 aromatic rings. The van der Waals surface area contributed by atoms with Gasteiger partial charge in [-0.1, -0.05) is 18.2 Å².